The van der Waals surface area contributed by atoms with Crippen molar-refractivity contribution in [3.05, 3.63) is 0 Å². The molecule has 0 aromatic rings. The summed E-state index contributed by atoms with van der Waals surface area (Å²) in [6, 6.07) is 0.293. The van der Waals surface area contributed by atoms with Gasteiger partial charge in [0.1, 0.15) is 0 Å². The van der Waals surface area contributed by atoms with E-state index < -0.39 is 0 Å². The minimum Gasteiger partial charge on any atom is -0.395 e. The predicted molar refractivity (Wildman–Crippen MR) is 54.8 cm³/mol. The molecule has 3 nitrogen and oxygen atoms in total. The van der Waals surface area contributed by atoms with E-state index >= 15 is 0 Å². The van der Waals surface area contributed by atoms with Crippen molar-refractivity contribution in [2.75, 3.05) is 26.2 Å². The van der Waals surface area contributed by atoms with E-state index in [0.717, 1.165) is 25.4 Å². The Hall–Kier alpha value is -0.120. The summed E-state index contributed by atoms with van der Waals surface area (Å²) in [6.07, 6.45) is 3.63. The zero-order chi connectivity index (χ0) is 9.52. The summed E-state index contributed by atoms with van der Waals surface area (Å²) in [7, 11) is 0. The molecule has 3 N–H and O–H groups in total. The van der Waals surface area contributed by atoms with Crippen LogP contribution in [0.25, 0.3) is 0 Å². The molecule has 1 heterocycles. The Bertz CT molecular complexity index is 120. The maximum atomic E-state index is 8.98. The van der Waals surface area contributed by atoms with Crippen LogP contribution in [0.1, 0.15) is 26.2 Å². The lowest BCUT2D eigenvalue weighted by Crippen LogP contribution is -2.40. The Morgan fingerprint density at radius 2 is 2.46 bits per heavy atom. The zero-order valence-electron chi connectivity index (χ0n) is 8.55. The number of hydrogen-bond donors (Lipinski definition) is 3. The van der Waals surface area contributed by atoms with Crippen molar-refractivity contribution in [1.29, 1.82) is 0 Å². The second-order valence-electron chi connectivity index (χ2n) is 3.91. The van der Waals surface area contributed by atoms with E-state index in [1.54, 1.807) is 0 Å². The van der Waals surface area contributed by atoms with Gasteiger partial charge >= 0.3 is 0 Å². The van der Waals surface area contributed by atoms with Gasteiger partial charge in [-0.15, -0.1) is 0 Å². The van der Waals surface area contributed by atoms with Crippen molar-refractivity contribution >= 4 is 0 Å². The molecule has 0 saturated carbocycles. The quantitative estimate of drug-likeness (QED) is 0.580. The number of piperidine rings is 1. The molecule has 0 aromatic heterocycles. The maximum Gasteiger partial charge on any atom is 0.0584 e. The fourth-order valence-corrected chi connectivity index (χ4v) is 1.77. The smallest absolute Gasteiger partial charge is 0.0584 e. The lowest BCUT2D eigenvalue weighted by atomic mass is 9.99. The van der Waals surface area contributed by atoms with Crippen molar-refractivity contribution in [2.24, 2.45) is 5.92 Å². The molecule has 1 aliphatic rings. The van der Waals surface area contributed by atoms with Crippen molar-refractivity contribution in [2.45, 2.75) is 32.2 Å². The van der Waals surface area contributed by atoms with Crippen molar-refractivity contribution in [3.63, 3.8) is 0 Å². The van der Waals surface area contributed by atoms with E-state index in [4.69, 9.17) is 5.11 Å². The van der Waals surface area contributed by atoms with Crippen molar-refractivity contribution < 1.29 is 5.11 Å². The molecule has 1 saturated heterocycles. The fourth-order valence-electron chi connectivity index (χ4n) is 1.77. The third kappa shape index (κ3) is 4.07. The first kappa shape index (κ1) is 11.0. The molecule has 3 heteroatoms. The molecule has 0 aromatic carbocycles. The summed E-state index contributed by atoms with van der Waals surface area (Å²) in [5, 5.41) is 15.8. The van der Waals surface area contributed by atoms with Gasteiger partial charge in [0.05, 0.1) is 6.61 Å². The normalized spacial score (nSPS) is 25.8. The molecule has 1 aliphatic heterocycles. The van der Waals surface area contributed by atoms with Crippen LogP contribution in [-0.4, -0.2) is 37.4 Å². The summed E-state index contributed by atoms with van der Waals surface area (Å²) >= 11 is 0. The summed E-state index contributed by atoms with van der Waals surface area (Å²) < 4.78 is 0. The first-order valence-corrected chi connectivity index (χ1v) is 5.41. The van der Waals surface area contributed by atoms with Crippen LogP contribution in [0.15, 0.2) is 0 Å². The van der Waals surface area contributed by atoms with E-state index in [1.807, 2.05) is 0 Å². The van der Waals surface area contributed by atoms with Gasteiger partial charge in [-0.1, -0.05) is 6.92 Å². The second kappa shape index (κ2) is 6.35. The molecule has 1 rings (SSSR count). The van der Waals surface area contributed by atoms with Gasteiger partial charge in [-0.2, -0.15) is 0 Å². The van der Waals surface area contributed by atoms with Gasteiger partial charge in [0.2, 0.25) is 0 Å². The predicted octanol–water partition coefficient (Wildman–Crippen LogP) is 0.346. The molecule has 0 spiro atoms. The van der Waals surface area contributed by atoms with Gasteiger partial charge in [-0.05, 0) is 44.8 Å². The standard InChI is InChI=1S/C10H22N2O/c1-2-10(8-13)12-7-9-4-3-5-11-6-9/h9-13H,2-8H2,1H3/t9?,10-/m0/s1. The van der Waals surface area contributed by atoms with Crippen LogP contribution in [0.5, 0.6) is 0 Å². The molecular formula is C10H22N2O. The fraction of sp³-hybridized carbons (Fsp3) is 1.00. The van der Waals surface area contributed by atoms with Gasteiger partial charge in [0.25, 0.3) is 0 Å². The van der Waals surface area contributed by atoms with Gasteiger partial charge in [0, 0.05) is 6.04 Å². The number of aliphatic hydroxyl groups is 1. The molecule has 0 radical (unpaired) electrons. The molecule has 78 valence electrons. The van der Waals surface area contributed by atoms with Crippen LogP contribution in [0, 0.1) is 5.92 Å². The molecule has 0 aliphatic carbocycles. The Labute approximate surface area is 80.9 Å². The molecular weight excluding hydrogens is 164 g/mol. The molecule has 1 fully saturated rings. The largest absolute Gasteiger partial charge is 0.395 e. The van der Waals surface area contributed by atoms with E-state index in [2.05, 4.69) is 17.6 Å². The van der Waals surface area contributed by atoms with E-state index in [1.165, 1.54) is 19.4 Å². The van der Waals surface area contributed by atoms with Crippen LogP contribution >= 0.6 is 0 Å². The first-order chi connectivity index (χ1) is 6.36. The first-order valence-electron chi connectivity index (χ1n) is 5.41. The Morgan fingerprint density at radius 1 is 1.62 bits per heavy atom. The topological polar surface area (TPSA) is 44.3 Å². The summed E-state index contributed by atoms with van der Waals surface area (Å²) in [5.41, 5.74) is 0. The minimum atomic E-state index is 0.261. The summed E-state index contributed by atoms with van der Waals surface area (Å²) in [6.45, 7) is 5.72. The maximum absolute atomic E-state index is 8.98. The third-order valence-electron chi connectivity index (χ3n) is 2.81. The highest BCUT2D eigenvalue weighted by Crippen LogP contribution is 2.08. The molecule has 0 bridgehead atoms. The molecule has 13 heavy (non-hydrogen) atoms. The van der Waals surface area contributed by atoms with Crippen molar-refractivity contribution in [1.82, 2.24) is 10.6 Å². The highest BCUT2D eigenvalue weighted by Gasteiger charge is 2.13. The lowest BCUT2D eigenvalue weighted by Gasteiger charge is -2.25. The van der Waals surface area contributed by atoms with Crippen LogP contribution in [0.4, 0.5) is 0 Å². The van der Waals surface area contributed by atoms with E-state index in [0.29, 0.717) is 6.04 Å². The van der Waals surface area contributed by atoms with Gasteiger partial charge in [-0.25, -0.2) is 0 Å². The summed E-state index contributed by atoms with van der Waals surface area (Å²) in [4.78, 5) is 0. The highest BCUT2D eigenvalue weighted by atomic mass is 16.3. The molecule has 2 atom stereocenters. The van der Waals surface area contributed by atoms with Crippen LogP contribution in [0.3, 0.4) is 0 Å². The van der Waals surface area contributed by atoms with Gasteiger partial charge in [-0.3, -0.25) is 0 Å². The van der Waals surface area contributed by atoms with E-state index in [9.17, 15) is 0 Å². The van der Waals surface area contributed by atoms with Gasteiger partial charge < -0.3 is 15.7 Å². The second-order valence-corrected chi connectivity index (χ2v) is 3.91. The average Bonchev–Trinajstić information content (AvgIpc) is 2.21. The summed E-state index contributed by atoms with van der Waals surface area (Å²) in [5.74, 6) is 0.759. The SMILES string of the molecule is CC[C@@H](CO)NCC1CCCNC1. The number of hydrogen-bond acceptors (Lipinski definition) is 3. The molecule has 1 unspecified atom stereocenters. The lowest BCUT2D eigenvalue weighted by molar-refractivity contribution is 0.228. The van der Waals surface area contributed by atoms with E-state index in [-0.39, 0.29) is 6.61 Å². The van der Waals surface area contributed by atoms with Gasteiger partial charge in [0.15, 0.2) is 0 Å². The number of rotatable bonds is 5. The Morgan fingerprint density at radius 3 is 3.00 bits per heavy atom. The van der Waals surface area contributed by atoms with Crippen LogP contribution in [0.2, 0.25) is 0 Å². The zero-order valence-corrected chi connectivity index (χ0v) is 8.55. The average molecular weight is 186 g/mol. The third-order valence-corrected chi connectivity index (χ3v) is 2.81. The van der Waals surface area contributed by atoms with Crippen molar-refractivity contribution in [3.8, 4) is 0 Å². The van der Waals surface area contributed by atoms with Crippen LogP contribution in [-0.2, 0) is 0 Å². The number of nitrogens with one attached hydrogen (secondary N) is 2. The monoisotopic (exact) mass is 186 g/mol. The molecule has 0 amide bonds. The highest BCUT2D eigenvalue weighted by molar-refractivity contribution is 4.73. The Balaban J connectivity index is 2.09. The van der Waals surface area contributed by atoms with Crippen LogP contribution < -0.4 is 10.6 Å². The number of aliphatic hydroxyl groups excluding tert-OH is 1. The Kier molecular flexibility index (Phi) is 5.35. The minimum absolute atomic E-state index is 0.261.